The molecule has 0 spiro atoms. The molecule has 0 aromatic carbocycles. The van der Waals surface area contributed by atoms with Gasteiger partial charge >= 0.3 is 17.9 Å². The number of aliphatic hydroxyl groups excluding tert-OH is 1. The van der Waals surface area contributed by atoms with E-state index < -0.39 is 48.9 Å². The number of ether oxygens (including phenoxy) is 2. The lowest BCUT2D eigenvalue weighted by atomic mass is 10.0. The molecule has 18 heavy (non-hydrogen) atoms. The van der Waals surface area contributed by atoms with Crippen molar-refractivity contribution in [2.75, 3.05) is 13.2 Å². The maximum Gasteiger partial charge on any atom is 0.344 e. The zero-order valence-corrected chi connectivity index (χ0v) is 9.91. The van der Waals surface area contributed by atoms with Crippen molar-refractivity contribution in [1.82, 2.24) is 0 Å². The quantitative estimate of drug-likeness (QED) is 0.430. The fourth-order valence-corrected chi connectivity index (χ4v) is 0.917. The van der Waals surface area contributed by atoms with E-state index in [9.17, 15) is 19.2 Å². The lowest BCUT2D eigenvalue weighted by Crippen LogP contribution is -2.32. The van der Waals surface area contributed by atoms with Crippen molar-refractivity contribution in [3.05, 3.63) is 0 Å². The summed E-state index contributed by atoms with van der Waals surface area (Å²) in [6.45, 7) is 0.801. The van der Waals surface area contributed by atoms with Gasteiger partial charge in [0, 0.05) is 0 Å². The molecule has 102 valence electrons. The minimum atomic E-state index is -1.34. The van der Waals surface area contributed by atoms with Gasteiger partial charge in [-0.25, -0.2) is 9.59 Å². The number of carbonyl (C=O) groups excluding carboxylic acids is 3. The average Bonchev–Trinajstić information content (AvgIpc) is 2.31. The van der Waals surface area contributed by atoms with Crippen molar-refractivity contribution in [1.29, 1.82) is 0 Å². The normalized spacial score (nSPS) is 13.3. The maximum absolute atomic E-state index is 11.3. The third-order valence-corrected chi connectivity index (χ3v) is 1.88. The highest BCUT2D eigenvalue weighted by atomic mass is 16.6. The van der Waals surface area contributed by atoms with Crippen LogP contribution in [0, 0.1) is 5.92 Å². The summed E-state index contributed by atoms with van der Waals surface area (Å²) in [7, 11) is 0. The second-order valence-electron chi connectivity index (χ2n) is 3.46. The molecule has 2 N–H and O–H groups in total. The molecule has 0 amide bonds. The van der Waals surface area contributed by atoms with Gasteiger partial charge in [-0.1, -0.05) is 0 Å². The number of hydrogen-bond donors (Lipinski definition) is 2. The van der Waals surface area contributed by atoms with Gasteiger partial charge in [-0.05, 0) is 13.8 Å². The highest BCUT2D eigenvalue weighted by molar-refractivity contribution is 6.00. The van der Waals surface area contributed by atoms with Crippen molar-refractivity contribution in [2.45, 2.75) is 20.0 Å². The molecule has 0 aliphatic heterocycles. The molecule has 0 radical (unpaired) electrons. The van der Waals surface area contributed by atoms with Crippen molar-refractivity contribution < 1.29 is 38.9 Å². The zero-order chi connectivity index (χ0) is 14.3. The van der Waals surface area contributed by atoms with Crippen LogP contribution in [-0.4, -0.2) is 53.2 Å². The Kier molecular flexibility index (Phi) is 6.58. The van der Waals surface area contributed by atoms with E-state index >= 15 is 0 Å². The fourth-order valence-electron chi connectivity index (χ4n) is 0.917. The smallest absolute Gasteiger partial charge is 0.344 e. The standard InChI is InChI=1S/C10H14O8/c1-5(9(15)6(2)11)10(16)18-4-8(14)17-3-7(12)13/h5-6,11H,3-4H2,1-2H3,(H,12,13). The Labute approximate surface area is 102 Å². The predicted molar refractivity (Wildman–Crippen MR) is 55.4 cm³/mol. The van der Waals surface area contributed by atoms with Crippen LogP contribution in [0.1, 0.15) is 13.8 Å². The molecular weight excluding hydrogens is 248 g/mol. The Balaban J connectivity index is 4.06. The molecule has 0 heterocycles. The Morgan fingerprint density at radius 3 is 2.06 bits per heavy atom. The molecule has 0 aromatic heterocycles. The molecule has 0 saturated heterocycles. The minimum Gasteiger partial charge on any atom is -0.479 e. The van der Waals surface area contributed by atoms with Crippen LogP contribution in [0.3, 0.4) is 0 Å². The molecule has 0 aromatic rings. The number of aliphatic hydroxyl groups is 1. The highest BCUT2D eigenvalue weighted by Gasteiger charge is 2.26. The van der Waals surface area contributed by atoms with Gasteiger partial charge in [0.2, 0.25) is 0 Å². The van der Waals surface area contributed by atoms with Crippen molar-refractivity contribution in [3.8, 4) is 0 Å². The van der Waals surface area contributed by atoms with E-state index in [1.165, 1.54) is 13.8 Å². The number of Topliss-reactive ketones (excluding diaryl/α,β-unsaturated/α-hetero) is 1. The van der Waals surface area contributed by atoms with Gasteiger partial charge < -0.3 is 19.7 Å². The first-order chi connectivity index (χ1) is 8.25. The van der Waals surface area contributed by atoms with Crippen LogP contribution in [0.15, 0.2) is 0 Å². The van der Waals surface area contributed by atoms with Crippen molar-refractivity contribution >= 4 is 23.7 Å². The van der Waals surface area contributed by atoms with Gasteiger partial charge in [0.1, 0.15) is 12.0 Å². The van der Waals surface area contributed by atoms with E-state index in [4.69, 9.17) is 10.2 Å². The zero-order valence-electron chi connectivity index (χ0n) is 9.91. The highest BCUT2D eigenvalue weighted by Crippen LogP contribution is 2.04. The van der Waals surface area contributed by atoms with E-state index in [0.29, 0.717) is 0 Å². The van der Waals surface area contributed by atoms with E-state index in [1.807, 2.05) is 0 Å². The van der Waals surface area contributed by atoms with Crippen LogP contribution in [-0.2, 0) is 28.7 Å². The topological polar surface area (TPSA) is 127 Å². The summed E-state index contributed by atoms with van der Waals surface area (Å²) in [6, 6.07) is 0. The number of hydrogen-bond acceptors (Lipinski definition) is 7. The summed E-state index contributed by atoms with van der Waals surface area (Å²) in [5.41, 5.74) is 0. The lowest BCUT2D eigenvalue weighted by molar-refractivity contribution is -0.165. The van der Waals surface area contributed by atoms with E-state index in [-0.39, 0.29) is 0 Å². The second-order valence-corrected chi connectivity index (χ2v) is 3.46. The summed E-state index contributed by atoms with van der Waals surface area (Å²) >= 11 is 0. The molecule has 0 bridgehead atoms. The molecule has 8 heteroatoms. The van der Waals surface area contributed by atoms with Gasteiger partial charge in [-0.3, -0.25) is 9.59 Å². The van der Waals surface area contributed by atoms with Gasteiger partial charge in [0.25, 0.3) is 0 Å². The number of ketones is 1. The van der Waals surface area contributed by atoms with Crippen molar-refractivity contribution in [2.24, 2.45) is 5.92 Å². The van der Waals surface area contributed by atoms with Gasteiger partial charge in [0.05, 0.1) is 0 Å². The fraction of sp³-hybridized carbons (Fsp3) is 0.600. The first kappa shape index (κ1) is 16.0. The lowest BCUT2D eigenvalue weighted by Gasteiger charge is -2.11. The monoisotopic (exact) mass is 262 g/mol. The summed E-state index contributed by atoms with van der Waals surface area (Å²) in [5.74, 6) is -5.32. The first-order valence-corrected chi connectivity index (χ1v) is 5.01. The van der Waals surface area contributed by atoms with Crippen LogP contribution >= 0.6 is 0 Å². The SMILES string of the molecule is CC(O)C(=O)C(C)C(=O)OCC(=O)OCC(=O)O. The van der Waals surface area contributed by atoms with Crippen LogP contribution in [0.5, 0.6) is 0 Å². The Bertz CT molecular complexity index is 346. The molecule has 0 aliphatic rings. The number of aliphatic carboxylic acids is 1. The Hall–Kier alpha value is -1.96. The Morgan fingerprint density at radius 1 is 1.06 bits per heavy atom. The van der Waals surface area contributed by atoms with E-state index in [1.54, 1.807) is 0 Å². The Morgan fingerprint density at radius 2 is 1.61 bits per heavy atom. The van der Waals surface area contributed by atoms with Crippen LogP contribution in [0.4, 0.5) is 0 Å². The molecule has 2 unspecified atom stereocenters. The number of rotatable bonds is 7. The molecule has 0 rings (SSSR count). The number of carbonyl (C=O) groups is 4. The van der Waals surface area contributed by atoms with Gasteiger partial charge in [0.15, 0.2) is 19.0 Å². The predicted octanol–water partition coefficient (Wildman–Crippen LogP) is -1.26. The summed E-state index contributed by atoms with van der Waals surface area (Å²) in [6.07, 6.45) is -1.31. The van der Waals surface area contributed by atoms with Crippen molar-refractivity contribution in [3.63, 3.8) is 0 Å². The van der Waals surface area contributed by atoms with Crippen LogP contribution < -0.4 is 0 Å². The molecule has 0 fully saturated rings. The summed E-state index contributed by atoms with van der Waals surface area (Å²) in [4.78, 5) is 43.4. The molecule has 0 aliphatic carbocycles. The summed E-state index contributed by atoms with van der Waals surface area (Å²) in [5, 5.41) is 17.2. The third-order valence-electron chi connectivity index (χ3n) is 1.88. The number of carboxylic acid groups (broad SMARTS) is 1. The van der Waals surface area contributed by atoms with E-state index in [0.717, 1.165) is 0 Å². The van der Waals surface area contributed by atoms with E-state index in [2.05, 4.69) is 9.47 Å². The first-order valence-electron chi connectivity index (χ1n) is 5.01. The maximum atomic E-state index is 11.3. The minimum absolute atomic E-state index is 0.737. The summed E-state index contributed by atoms with van der Waals surface area (Å²) < 4.78 is 8.62. The number of esters is 2. The van der Waals surface area contributed by atoms with Gasteiger partial charge in [-0.2, -0.15) is 0 Å². The number of carboxylic acids is 1. The second kappa shape index (κ2) is 7.38. The van der Waals surface area contributed by atoms with Crippen LogP contribution in [0.25, 0.3) is 0 Å². The largest absolute Gasteiger partial charge is 0.479 e. The molecule has 8 nitrogen and oxygen atoms in total. The average molecular weight is 262 g/mol. The third kappa shape index (κ3) is 5.94. The van der Waals surface area contributed by atoms with Crippen LogP contribution in [0.2, 0.25) is 0 Å². The molecular formula is C10H14O8. The van der Waals surface area contributed by atoms with Gasteiger partial charge in [-0.15, -0.1) is 0 Å². The molecule has 2 atom stereocenters. The molecule has 0 saturated carbocycles.